The first kappa shape index (κ1) is 15.4. The highest BCUT2D eigenvalue weighted by molar-refractivity contribution is 9.10. The fourth-order valence-electron chi connectivity index (χ4n) is 1.12. The number of benzene rings is 1. The molecule has 3 nitrogen and oxygen atoms in total. The average Bonchev–Trinajstić information content (AvgIpc) is 2.19. The van der Waals surface area contributed by atoms with Crippen molar-refractivity contribution >= 4 is 39.9 Å². The number of anilines is 1. The molecule has 1 amide bonds. The Kier molecular flexibility index (Phi) is 7.38. The van der Waals surface area contributed by atoms with Gasteiger partial charge in [-0.3, -0.25) is 4.79 Å². The molecule has 1 atom stereocenters. The predicted octanol–water partition coefficient (Wildman–Crippen LogP) is 2.94. The van der Waals surface area contributed by atoms with E-state index >= 15 is 0 Å². The Bertz CT molecular complexity index is 327. The van der Waals surface area contributed by atoms with Crippen molar-refractivity contribution in [3.05, 3.63) is 28.7 Å². The lowest BCUT2D eigenvalue weighted by molar-refractivity contribution is -0.116. The third-order valence-corrected chi connectivity index (χ3v) is 2.48. The maximum absolute atomic E-state index is 11.4. The van der Waals surface area contributed by atoms with E-state index in [9.17, 15) is 4.79 Å². The van der Waals surface area contributed by atoms with Crippen molar-refractivity contribution in [1.82, 2.24) is 0 Å². The van der Waals surface area contributed by atoms with E-state index in [2.05, 4.69) is 21.2 Å². The standard InChI is InChI=1S/C11H15BrN2O.ClH/c1-8(13)2-7-11(15)14-10-5-3-9(12)4-6-10;/h3-6,8H,2,7,13H2,1H3,(H,14,15);1H. The lowest BCUT2D eigenvalue weighted by Crippen LogP contribution is -2.19. The van der Waals surface area contributed by atoms with E-state index in [-0.39, 0.29) is 24.4 Å². The first-order chi connectivity index (χ1) is 7.08. The maximum Gasteiger partial charge on any atom is 0.224 e. The van der Waals surface area contributed by atoms with E-state index in [0.717, 1.165) is 10.2 Å². The number of rotatable bonds is 4. The molecule has 1 rings (SSSR count). The summed E-state index contributed by atoms with van der Waals surface area (Å²) in [6.07, 6.45) is 1.18. The highest BCUT2D eigenvalue weighted by Crippen LogP contribution is 2.14. The largest absolute Gasteiger partial charge is 0.328 e. The Morgan fingerprint density at radius 2 is 2.00 bits per heavy atom. The van der Waals surface area contributed by atoms with Crippen LogP contribution in [-0.2, 0) is 4.79 Å². The smallest absolute Gasteiger partial charge is 0.224 e. The number of nitrogens with two attached hydrogens (primary N) is 1. The second kappa shape index (κ2) is 7.65. The average molecular weight is 308 g/mol. The van der Waals surface area contributed by atoms with Crippen molar-refractivity contribution in [2.75, 3.05) is 5.32 Å². The van der Waals surface area contributed by atoms with Gasteiger partial charge in [-0.25, -0.2) is 0 Å². The van der Waals surface area contributed by atoms with E-state index < -0.39 is 0 Å². The molecule has 0 aliphatic carbocycles. The van der Waals surface area contributed by atoms with Gasteiger partial charge in [0.1, 0.15) is 0 Å². The number of amides is 1. The lowest BCUT2D eigenvalue weighted by atomic mass is 10.2. The van der Waals surface area contributed by atoms with Crippen molar-refractivity contribution in [2.45, 2.75) is 25.8 Å². The number of carbonyl (C=O) groups is 1. The molecule has 0 radical (unpaired) electrons. The minimum absolute atomic E-state index is 0. The number of hydrogen-bond acceptors (Lipinski definition) is 2. The van der Waals surface area contributed by atoms with Crippen LogP contribution in [0.1, 0.15) is 19.8 Å². The van der Waals surface area contributed by atoms with Crippen LogP contribution in [0.2, 0.25) is 0 Å². The molecular formula is C11H16BrClN2O. The molecule has 0 aromatic heterocycles. The summed E-state index contributed by atoms with van der Waals surface area (Å²) >= 11 is 3.33. The van der Waals surface area contributed by atoms with Gasteiger partial charge in [-0.05, 0) is 37.6 Å². The molecule has 5 heteroatoms. The van der Waals surface area contributed by atoms with Gasteiger partial charge in [-0.2, -0.15) is 0 Å². The van der Waals surface area contributed by atoms with Crippen LogP contribution >= 0.6 is 28.3 Å². The monoisotopic (exact) mass is 306 g/mol. The molecule has 0 saturated carbocycles. The fourth-order valence-corrected chi connectivity index (χ4v) is 1.38. The first-order valence-corrected chi connectivity index (χ1v) is 5.68. The topological polar surface area (TPSA) is 55.1 Å². The van der Waals surface area contributed by atoms with E-state index in [0.29, 0.717) is 12.8 Å². The summed E-state index contributed by atoms with van der Waals surface area (Å²) in [5, 5.41) is 2.81. The van der Waals surface area contributed by atoms with Crippen molar-refractivity contribution in [3.63, 3.8) is 0 Å². The molecule has 3 N–H and O–H groups in total. The van der Waals surface area contributed by atoms with Crippen molar-refractivity contribution in [2.24, 2.45) is 5.73 Å². The van der Waals surface area contributed by atoms with Crippen molar-refractivity contribution in [1.29, 1.82) is 0 Å². The third-order valence-electron chi connectivity index (χ3n) is 1.95. The highest BCUT2D eigenvalue weighted by Gasteiger charge is 2.03. The Balaban J connectivity index is 0.00000225. The minimum Gasteiger partial charge on any atom is -0.328 e. The minimum atomic E-state index is 0. The zero-order chi connectivity index (χ0) is 11.3. The molecule has 0 aliphatic rings. The summed E-state index contributed by atoms with van der Waals surface area (Å²) < 4.78 is 0.996. The van der Waals surface area contributed by atoms with Crippen molar-refractivity contribution < 1.29 is 4.79 Å². The van der Waals surface area contributed by atoms with Crippen LogP contribution in [0.3, 0.4) is 0 Å². The summed E-state index contributed by atoms with van der Waals surface area (Å²) in [6, 6.07) is 7.56. The summed E-state index contributed by atoms with van der Waals surface area (Å²) in [4.78, 5) is 11.4. The highest BCUT2D eigenvalue weighted by atomic mass is 79.9. The molecule has 1 aromatic carbocycles. The number of halogens is 2. The molecule has 1 aromatic rings. The van der Waals surface area contributed by atoms with Gasteiger partial charge in [0.05, 0.1) is 0 Å². The van der Waals surface area contributed by atoms with Crippen LogP contribution in [-0.4, -0.2) is 11.9 Å². The maximum atomic E-state index is 11.4. The Morgan fingerprint density at radius 1 is 1.44 bits per heavy atom. The van der Waals surface area contributed by atoms with Crippen LogP contribution in [0.4, 0.5) is 5.69 Å². The molecule has 0 heterocycles. The zero-order valence-electron chi connectivity index (χ0n) is 9.07. The van der Waals surface area contributed by atoms with Gasteiger partial charge in [0, 0.05) is 22.6 Å². The Morgan fingerprint density at radius 3 is 2.50 bits per heavy atom. The Hall–Kier alpha value is -0.580. The van der Waals surface area contributed by atoms with Gasteiger partial charge in [0.15, 0.2) is 0 Å². The van der Waals surface area contributed by atoms with Crippen LogP contribution in [0.25, 0.3) is 0 Å². The number of hydrogen-bond donors (Lipinski definition) is 2. The Labute approximate surface area is 110 Å². The van der Waals surface area contributed by atoms with E-state index in [4.69, 9.17) is 5.73 Å². The van der Waals surface area contributed by atoms with Crippen LogP contribution < -0.4 is 11.1 Å². The van der Waals surface area contributed by atoms with E-state index in [1.54, 1.807) is 0 Å². The zero-order valence-corrected chi connectivity index (χ0v) is 11.5. The van der Waals surface area contributed by atoms with Crippen LogP contribution in [0.15, 0.2) is 28.7 Å². The second-order valence-corrected chi connectivity index (χ2v) is 4.49. The lowest BCUT2D eigenvalue weighted by Gasteiger charge is -2.06. The molecule has 0 aliphatic heterocycles. The van der Waals surface area contributed by atoms with E-state index in [1.165, 1.54) is 0 Å². The van der Waals surface area contributed by atoms with E-state index in [1.807, 2.05) is 31.2 Å². The molecule has 0 bridgehead atoms. The van der Waals surface area contributed by atoms with Crippen LogP contribution in [0.5, 0.6) is 0 Å². The predicted molar refractivity (Wildman–Crippen MR) is 72.9 cm³/mol. The van der Waals surface area contributed by atoms with Crippen molar-refractivity contribution in [3.8, 4) is 0 Å². The molecule has 1 unspecified atom stereocenters. The molecule has 16 heavy (non-hydrogen) atoms. The van der Waals surface area contributed by atoms with Crippen LogP contribution in [0, 0.1) is 0 Å². The van der Waals surface area contributed by atoms with Gasteiger partial charge in [0.25, 0.3) is 0 Å². The SMILES string of the molecule is CC(N)CCC(=O)Nc1ccc(Br)cc1.Cl. The molecule has 0 spiro atoms. The summed E-state index contributed by atoms with van der Waals surface area (Å²) in [5.74, 6) is 0.00891. The summed E-state index contributed by atoms with van der Waals surface area (Å²) in [5.41, 5.74) is 6.38. The van der Waals surface area contributed by atoms with Gasteiger partial charge in [-0.1, -0.05) is 15.9 Å². The van der Waals surface area contributed by atoms with Gasteiger partial charge in [0.2, 0.25) is 5.91 Å². The van der Waals surface area contributed by atoms with Gasteiger partial charge >= 0.3 is 0 Å². The normalized spacial score (nSPS) is 11.4. The summed E-state index contributed by atoms with van der Waals surface area (Å²) in [7, 11) is 0. The molecular weight excluding hydrogens is 291 g/mol. The number of carbonyl (C=O) groups excluding carboxylic acids is 1. The summed E-state index contributed by atoms with van der Waals surface area (Å²) in [6.45, 7) is 1.90. The quantitative estimate of drug-likeness (QED) is 0.898. The second-order valence-electron chi connectivity index (χ2n) is 3.57. The molecule has 0 fully saturated rings. The third kappa shape index (κ3) is 6.10. The van der Waals surface area contributed by atoms with Gasteiger partial charge < -0.3 is 11.1 Å². The van der Waals surface area contributed by atoms with Gasteiger partial charge in [-0.15, -0.1) is 12.4 Å². The first-order valence-electron chi connectivity index (χ1n) is 4.89. The number of nitrogens with one attached hydrogen (secondary N) is 1. The molecule has 0 saturated heterocycles. The molecule has 90 valence electrons. The fraction of sp³-hybridized carbons (Fsp3) is 0.364.